The molecule has 8 N–H and O–H groups in total. The van der Waals surface area contributed by atoms with E-state index < -0.39 is 23.6 Å². The van der Waals surface area contributed by atoms with Crippen molar-refractivity contribution in [3.8, 4) is 11.5 Å². The maximum absolute atomic E-state index is 13.0. The van der Waals surface area contributed by atoms with Crippen LogP contribution in [0.3, 0.4) is 0 Å². The Morgan fingerprint density at radius 3 is 2.07 bits per heavy atom. The zero-order chi connectivity index (χ0) is 42.3. The molecule has 0 fully saturated rings. The van der Waals surface area contributed by atoms with Gasteiger partial charge < -0.3 is 44.4 Å². The van der Waals surface area contributed by atoms with E-state index in [9.17, 15) is 19.2 Å². The van der Waals surface area contributed by atoms with E-state index >= 15 is 0 Å². The van der Waals surface area contributed by atoms with Crippen molar-refractivity contribution in [2.45, 2.75) is 26.3 Å². The van der Waals surface area contributed by atoms with Crippen LogP contribution in [0.2, 0.25) is 0 Å². The van der Waals surface area contributed by atoms with Crippen molar-refractivity contribution in [2.24, 2.45) is 11.5 Å². The number of aromatic amines is 1. The van der Waals surface area contributed by atoms with Gasteiger partial charge in [-0.2, -0.15) is 0 Å². The molecule has 306 valence electrons. The molecule has 0 aliphatic heterocycles. The molecule has 8 rings (SSSR count). The summed E-state index contributed by atoms with van der Waals surface area (Å²) in [6.07, 6.45) is 8.42. The number of nitrogens with one attached hydrogen (secondary N) is 3. The van der Waals surface area contributed by atoms with Gasteiger partial charge in [0.05, 0.1) is 24.8 Å². The SMILES string of the molecule is CC/C=C/Cn1c(NC(=O)c2cc3ncccc3o2)nc2cc(C(N)=O)cc(OCCCO)c21.COc1cc(C(N)=O)cc2[nH]c(NC(=O)c3cc4ncccc4o3)nc12. The lowest BCUT2D eigenvalue weighted by Gasteiger charge is -2.12. The number of aliphatic hydroxyl groups is 1. The van der Waals surface area contributed by atoms with Crippen LogP contribution in [-0.2, 0) is 6.54 Å². The van der Waals surface area contributed by atoms with Crippen molar-refractivity contribution in [1.82, 2.24) is 29.5 Å². The van der Waals surface area contributed by atoms with E-state index in [1.54, 1.807) is 65.5 Å². The summed E-state index contributed by atoms with van der Waals surface area (Å²) in [7, 11) is 1.45. The number of hydrogen-bond donors (Lipinski definition) is 6. The first-order valence-corrected chi connectivity index (χ1v) is 18.5. The van der Waals surface area contributed by atoms with E-state index in [0.29, 0.717) is 68.7 Å². The van der Waals surface area contributed by atoms with E-state index in [4.69, 9.17) is 34.9 Å². The van der Waals surface area contributed by atoms with Crippen LogP contribution in [0, 0.1) is 0 Å². The highest BCUT2D eigenvalue weighted by Gasteiger charge is 2.22. The number of nitrogens with zero attached hydrogens (tertiary/aromatic N) is 5. The molecule has 0 aliphatic rings. The second-order valence-corrected chi connectivity index (χ2v) is 13.0. The number of ether oxygens (including phenoxy) is 2. The number of anilines is 2. The molecular formula is C41H38N10O9. The Hall–Kier alpha value is -8.06. The van der Waals surface area contributed by atoms with Crippen LogP contribution in [0.1, 0.15) is 61.6 Å². The fraction of sp³-hybridized carbons (Fsp3) is 0.171. The minimum atomic E-state index is -0.630. The lowest BCUT2D eigenvalue weighted by Crippen LogP contribution is -2.15. The number of fused-ring (bicyclic) bond motifs is 4. The molecular weight excluding hydrogens is 777 g/mol. The third-order valence-electron chi connectivity index (χ3n) is 8.88. The van der Waals surface area contributed by atoms with Crippen LogP contribution in [0.25, 0.3) is 44.3 Å². The van der Waals surface area contributed by atoms with E-state index in [1.165, 1.54) is 19.2 Å². The fourth-order valence-electron chi connectivity index (χ4n) is 6.09. The number of carbonyl (C=O) groups is 4. The predicted molar refractivity (Wildman–Crippen MR) is 220 cm³/mol. The molecule has 6 aromatic heterocycles. The van der Waals surface area contributed by atoms with Crippen LogP contribution in [0.4, 0.5) is 11.9 Å². The van der Waals surface area contributed by atoms with E-state index in [2.05, 4.69) is 35.6 Å². The summed E-state index contributed by atoms with van der Waals surface area (Å²) in [6, 6.07) is 16.1. The molecule has 0 radical (unpaired) electrons. The number of rotatable bonds is 14. The zero-order valence-corrected chi connectivity index (χ0v) is 32.2. The summed E-state index contributed by atoms with van der Waals surface area (Å²) < 4.78 is 23.9. The number of furan rings is 2. The van der Waals surface area contributed by atoms with Crippen LogP contribution in [0.5, 0.6) is 11.5 Å². The van der Waals surface area contributed by atoms with Crippen molar-refractivity contribution < 1.29 is 42.6 Å². The normalized spacial score (nSPS) is 11.2. The van der Waals surface area contributed by atoms with E-state index in [-0.39, 0.29) is 47.8 Å². The van der Waals surface area contributed by atoms with Gasteiger partial charge in [0.1, 0.15) is 33.6 Å². The standard InChI is InChI=1S/C24H25N5O5.C17H13N5O4/c1-2-3-4-9-29-21-17(12-15(22(25)31)13-19(21)33-11-6-10-30)27-24(29)28-23(32)20-14-16-18(34-20)7-5-8-26-16;1-25-12-6-8(15(18)23)5-10-14(12)21-17(20-10)22-16(24)13-7-9-11(26-13)3-2-4-19-9/h3-5,7-8,12-14,30H,2,6,9-11H2,1H3,(H2,25,31)(H,27,28,32);2-7H,1H3,(H2,18,23)(H2,20,21,22,24)/b4-3+;. The summed E-state index contributed by atoms with van der Waals surface area (Å²) in [6.45, 7) is 2.61. The largest absolute Gasteiger partial charge is 0.494 e. The smallest absolute Gasteiger partial charge is 0.293 e. The molecule has 0 atom stereocenters. The minimum absolute atomic E-state index is 0.0369. The second kappa shape index (κ2) is 17.6. The van der Waals surface area contributed by atoms with Gasteiger partial charge in [-0.15, -0.1) is 0 Å². The summed E-state index contributed by atoms with van der Waals surface area (Å²) >= 11 is 0. The number of imidazole rings is 2. The summed E-state index contributed by atoms with van der Waals surface area (Å²) in [5.74, 6) is -0.844. The van der Waals surface area contributed by atoms with Crippen LogP contribution < -0.4 is 31.6 Å². The van der Waals surface area contributed by atoms with E-state index in [0.717, 1.165) is 6.42 Å². The van der Waals surface area contributed by atoms with Gasteiger partial charge in [0.25, 0.3) is 11.8 Å². The van der Waals surface area contributed by atoms with Crippen molar-refractivity contribution in [2.75, 3.05) is 31.0 Å². The van der Waals surface area contributed by atoms with Crippen molar-refractivity contribution >= 4 is 79.8 Å². The third kappa shape index (κ3) is 8.60. The number of aliphatic hydroxyl groups excluding tert-OH is 1. The van der Waals surface area contributed by atoms with Crippen LogP contribution in [0.15, 0.2) is 94.0 Å². The number of benzene rings is 2. The van der Waals surface area contributed by atoms with Gasteiger partial charge in [-0.1, -0.05) is 19.1 Å². The monoisotopic (exact) mass is 814 g/mol. The average molecular weight is 815 g/mol. The molecule has 19 nitrogen and oxygen atoms in total. The number of methoxy groups -OCH3 is 1. The highest BCUT2D eigenvalue weighted by molar-refractivity contribution is 6.06. The Kier molecular flexibility index (Phi) is 11.8. The summed E-state index contributed by atoms with van der Waals surface area (Å²) in [5.41, 5.74) is 15.4. The Bertz CT molecular complexity index is 2860. The Morgan fingerprint density at radius 2 is 1.47 bits per heavy atom. The molecule has 0 saturated carbocycles. The maximum atomic E-state index is 13.0. The molecule has 6 heterocycles. The molecule has 60 heavy (non-hydrogen) atoms. The van der Waals surface area contributed by atoms with Crippen LogP contribution >= 0.6 is 0 Å². The number of hydrogen-bond acceptors (Lipinski definition) is 13. The number of H-pyrrole nitrogens is 1. The number of primary amides is 2. The second-order valence-electron chi connectivity index (χ2n) is 13.0. The number of amides is 4. The average Bonchev–Trinajstić information content (AvgIpc) is 4.04. The highest BCUT2D eigenvalue weighted by Crippen LogP contribution is 2.32. The number of pyridine rings is 2. The zero-order valence-electron chi connectivity index (χ0n) is 32.2. The molecule has 8 aromatic rings. The fourth-order valence-corrected chi connectivity index (χ4v) is 6.09. The van der Waals surface area contributed by atoms with Gasteiger partial charge >= 0.3 is 0 Å². The molecule has 0 aliphatic carbocycles. The lowest BCUT2D eigenvalue weighted by atomic mass is 10.1. The number of aromatic nitrogens is 6. The van der Waals surface area contributed by atoms with Gasteiger partial charge in [-0.25, -0.2) is 9.97 Å². The quantitative estimate of drug-likeness (QED) is 0.0600. The molecule has 0 bridgehead atoms. The predicted octanol–water partition coefficient (Wildman–Crippen LogP) is 5.32. The Balaban J connectivity index is 0.000000188. The lowest BCUT2D eigenvalue weighted by molar-refractivity contribution is 0.0990. The van der Waals surface area contributed by atoms with Gasteiger partial charge in [0, 0.05) is 55.2 Å². The Labute approximate surface area is 339 Å². The van der Waals surface area contributed by atoms with Crippen molar-refractivity contribution in [3.63, 3.8) is 0 Å². The topological polar surface area (TPSA) is 282 Å². The summed E-state index contributed by atoms with van der Waals surface area (Å²) in [5, 5.41) is 14.5. The number of carbonyl (C=O) groups excluding carboxylic acids is 4. The Morgan fingerprint density at radius 1 is 0.833 bits per heavy atom. The first-order chi connectivity index (χ1) is 29.1. The van der Waals surface area contributed by atoms with Gasteiger partial charge in [-0.3, -0.25) is 39.8 Å². The molecule has 0 spiro atoms. The first kappa shape index (κ1) is 40.1. The third-order valence-corrected chi connectivity index (χ3v) is 8.88. The number of nitrogens with two attached hydrogens (primary N) is 2. The minimum Gasteiger partial charge on any atom is -0.494 e. The molecule has 0 unspecified atom stereocenters. The molecule has 2 aromatic carbocycles. The van der Waals surface area contributed by atoms with Gasteiger partial charge in [-0.05, 0) is 55.0 Å². The van der Waals surface area contributed by atoms with Crippen LogP contribution in [-0.4, -0.2) is 78.5 Å². The molecule has 19 heteroatoms. The molecule has 0 saturated heterocycles. The van der Waals surface area contributed by atoms with Gasteiger partial charge in [0.15, 0.2) is 22.7 Å². The van der Waals surface area contributed by atoms with Crippen molar-refractivity contribution in [3.05, 3.63) is 108 Å². The van der Waals surface area contributed by atoms with Gasteiger partial charge in [0.2, 0.25) is 23.7 Å². The first-order valence-electron chi connectivity index (χ1n) is 18.5. The van der Waals surface area contributed by atoms with E-state index in [1.807, 2.05) is 19.1 Å². The molecule has 4 amide bonds. The number of allylic oxidation sites excluding steroid dienone is 2. The van der Waals surface area contributed by atoms with Crippen molar-refractivity contribution in [1.29, 1.82) is 0 Å². The maximum Gasteiger partial charge on any atom is 0.293 e. The highest BCUT2D eigenvalue weighted by atomic mass is 16.5. The summed E-state index contributed by atoms with van der Waals surface area (Å²) in [4.78, 5) is 68.7.